The Morgan fingerprint density at radius 3 is 2.71 bits per heavy atom. The molecule has 0 spiro atoms. The normalized spacial score (nSPS) is 11.9. The summed E-state index contributed by atoms with van der Waals surface area (Å²) in [6, 6.07) is 4.66. The first-order chi connectivity index (χ1) is 7.93. The van der Waals surface area contributed by atoms with Crippen LogP contribution in [0.5, 0.6) is 0 Å². The number of rotatable bonds is 4. The summed E-state index contributed by atoms with van der Waals surface area (Å²) in [5, 5.41) is 0.143. The third-order valence-electron chi connectivity index (χ3n) is 2.20. The number of amides is 1. The Morgan fingerprint density at radius 2 is 2.12 bits per heavy atom. The van der Waals surface area contributed by atoms with Crippen molar-refractivity contribution in [2.24, 2.45) is 11.7 Å². The minimum Gasteiger partial charge on any atom is -0.461 e. The Bertz CT molecular complexity index is 448. The highest BCUT2D eigenvalue weighted by Gasteiger charge is 2.16. The highest BCUT2D eigenvalue weighted by atomic mass is 35.5. The zero-order valence-electron chi connectivity index (χ0n) is 9.27. The zero-order chi connectivity index (χ0) is 13.0. The number of halogens is 1. The summed E-state index contributed by atoms with van der Waals surface area (Å²) in [5.41, 5.74) is 11.1. The number of primary amides is 1. The van der Waals surface area contributed by atoms with E-state index < -0.39 is 17.8 Å². The van der Waals surface area contributed by atoms with Gasteiger partial charge in [0.2, 0.25) is 5.91 Å². The molecule has 1 amide bonds. The SMILES string of the molecule is CC(COC(=O)c1cccc(N)c1Cl)C(N)=O. The van der Waals surface area contributed by atoms with Crippen LogP contribution in [0.15, 0.2) is 18.2 Å². The van der Waals surface area contributed by atoms with E-state index in [0.717, 1.165) is 0 Å². The van der Waals surface area contributed by atoms with Gasteiger partial charge in [0.1, 0.15) is 6.61 Å². The van der Waals surface area contributed by atoms with Crippen LogP contribution in [-0.2, 0) is 9.53 Å². The van der Waals surface area contributed by atoms with E-state index in [1.54, 1.807) is 19.1 Å². The molecule has 0 bridgehead atoms. The van der Waals surface area contributed by atoms with Gasteiger partial charge >= 0.3 is 5.97 Å². The lowest BCUT2D eigenvalue weighted by atomic mass is 10.2. The highest BCUT2D eigenvalue weighted by molar-refractivity contribution is 6.36. The number of hydrogen-bond acceptors (Lipinski definition) is 4. The predicted molar refractivity (Wildman–Crippen MR) is 64.5 cm³/mol. The third-order valence-corrected chi connectivity index (χ3v) is 2.62. The summed E-state index contributed by atoms with van der Waals surface area (Å²) in [4.78, 5) is 22.4. The smallest absolute Gasteiger partial charge is 0.339 e. The van der Waals surface area contributed by atoms with Gasteiger partial charge in [-0.05, 0) is 12.1 Å². The van der Waals surface area contributed by atoms with Crippen molar-refractivity contribution in [1.82, 2.24) is 0 Å². The molecule has 0 aromatic heterocycles. The molecule has 1 unspecified atom stereocenters. The van der Waals surface area contributed by atoms with E-state index in [1.807, 2.05) is 0 Å². The zero-order valence-corrected chi connectivity index (χ0v) is 10.0. The van der Waals surface area contributed by atoms with Crippen LogP contribution in [0, 0.1) is 5.92 Å². The summed E-state index contributed by atoms with van der Waals surface area (Å²) in [5.74, 6) is -1.70. The van der Waals surface area contributed by atoms with E-state index in [1.165, 1.54) is 6.07 Å². The lowest BCUT2D eigenvalue weighted by molar-refractivity contribution is -0.122. The fourth-order valence-electron chi connectivity index (χ4n) is 1.07. The molecule has 0 radical (unpaired) electrons. The first kappa shape index (κ1) is 13.3. The molecule has 5 nitrogen and oxygen atoms in total. The molecule has 0 aliphatic carbocycles. The van der Waals surface area contributed by atoms with E-state index in [-0.39, 0.29) is 17.2 Å². The average molecular weight is 257 g/mol. The largest absolute Gasteiger partial charge is 0.461 e. The standard InChI is InChI=1S/C11H13ClN2O3/c1-6(10(14)15)5-17-11(16)7-3-2-4-8(13)9(7)12/h2-4,6H,5,13H2,1H3,(H2,14,15). The number of nitrogens with two attached hydrogens (primary N) is 2. The van der Waals surface area contributed by atoms with Gasteiger partial charge in [-0.25, -0.2) is 4.79 Å². The van der Waals surface area contributed by atoms with E-state index in [2.05, 4.69) is 0 Å². The molecular formula is C11H13ClN2O3. The van der Waals surface area contributed by atoms with Crippen LogP contribution >= 0.6 is 11.6 Å². The Hall–Kier alpha value is -1.75. The number of hydrogen-bond donors (Lipinski definition) is 2. The van der Waals surface area contributed by atoms with Crippen LogP contribution in [0.2, 0.25) is 5.02 Å². The van der Waals surface area contributed by atoms with Crippen molar-refractivity contribution in [2.45, 2.75) is 6.92 Å². The molecule has 4 N–H and O–H groups in total. The maximum atomic E-state index is 11.6. The molecule has 1 aromatic rings. The fraction of sp³-hybridized carbons (Fsp3) is 0.273. The lowest BCUT2D eigenvalue weighted by Gasteiger charge is -2.10. The van der Waals surface area contributed by atoms with E-state index in [4.69, 9.17) is 27.8 Å². The minimum absolute atomic E-state index is 0.0840. The summed E-state index contributed by atoms with van der Waals surface area (Å²) >= 11 is 5.85. The molecule has 1 aromatic carbocycles. The number of anilines is 1. The number of esters is 1. The van der Waals surface area contributed by atoms with Crippen molar-refractivity contribution in [2.75, 3.05) is 12.3 Å². The maximum Gasteiger partial charge on any atom is 0.339 e. The van der Waals surface area contributed by atoms with Crippen LogP contribution in [-0.4, -0.2) is 18.5 Å². The van der Waals surface area contributed by atoms with Crippen LogP contribution in [0.4, 0.5) is 5.69 Å². The molecule has 1 rings (SSSR count). The minimum atomic E-state index is -0.629. The lowest BCUT2D eigenvalue weighted by Crippen LogP contribution is -2.26. The number of nitrogen functional groups attached to an aromatic ring is 1. The van der Waals surface area contributed by atoms with Crippen molar-refractivity contribution >= 4 is 29.2 Å². The Morgan fingerprint density at radius 1 is 1.47 bits per heavy atom. The molecule has 0 fully saturated rings. The molecular weight excluding hydrogens is 244 g/mol. The Balaban J connectivity index is 2.71. The summed E-state index contributed by atoms with van der Waals surface area (Å²) in [7, 11) is 0. The van der Waals surface area contributed by atoms with Gasteiger partial charge in [0.25, 0.3) is 0 Å². The quantitative estimate of drug-likeness (QED) is 0.625. The van der Waals surface area contributed by atoms with Gasteiger partial charge in [0.05, 0.1) is 22.2 Å². The molecule has 6 heteroatoms. The number of ether oxygens (including phenoxy) is 1. The molecule has 0 aliphatic rings. The molecule has 0 aliphatic heterocycles. The van der Waals surface area contributed by atoms with Crippen LogP contribution < -0.4 is 11.5 Å². The first-order valence-corrected chi connectivity index (χ1v) is 5.31. The summed E-state index contributed by atoms with van der Waals surface area (Å²) < 4.78 is 4.91. The number of carbonyl (C=O) groups excluding carboxylic acids is 2. The number of benzene rings is 1. The molecule has 0 saturated carbocycles. The second-order valence-electron chi connectivity index (χ2n) is 3.61. The molecule has 17 heavy (non-hydrogen) atoms. The van der Waals surface area contributed by atoms with E-state index >= 15 is 0 Å². The average Bonchev–Trinajstić information content (AvgIpc) is 2.29. The third kappa shape index (κ3) is 3.35. The van der Waals surface area contributed by atoms with Gasteiger partial charge < -0.3 is 16.2 Å². The monoisotopic (exact) mass is 256 g/mol. The van der Waals surface area contributed by atoms with Crippen LogP contribution in [0.1, 0.15) is 17.3 Å². The van der Waals surface area contributed by atoms with Gasteiger partial charge in [0.15, 0.2) is 0 Å². The van der Waals surface area contributed by atoms with E-state index in [0.29, 0.717) is 5.69 Å². The summed E-state index contributed by atoms with van der Waals surface area (Å²) in [6.07, 6.45) is 0. The van der Waals surface area contributed by atoms with Crippen LogP contribution in [0.3, 0.4) is 0 Å². The second kappa shape index (κ2) is 5.54. The van der Waals surface area contributed by atoms with E-state index in [9.17, 15) is 9.59 Å². The molecule has 0 saturated heterocycles. The van der Waals surface area contributed by atoms with Crippen molar-refractivity contribution in [3.8, 4) is 0 Å². The van der Waals surface area contributed by atoms with Crippen molar-refractivity contribution in [1.29, 1.82) is 0 Å². The van der Waals surface area contributed by atoms with Gasteiger partial charge in [-0.15, -0.1) is 0 Å². The summed E-state index contributed by atoms with van der Waals surface area (Å²) in [6.45, 7) is 1.48. The topological polar surface area (TPSA) is 95.4 Å². The fourth-order valence-corrected chi connectivity index (χ4v) is 1.27. The van der Waals surface area contributed by atoms with Crippen LogP contribution in [0.25, 0.3) is 0 Å². The molecule has 0 heterocycles. The maximum absolute atomic E-state index is 11.6. The first-order valence-electron chi connectivity index (χ1n) is 4.94. The van der Waals surface area contributed by atoms with Gasteiger partial charge in [-0.1, -0.05) is 24.6 Å². The van der Waals surface area contributed by atoms with Gasteiger partial charge in [-0.3, -0.25) is 4.79 Å². The van der Waals surface area contributed by atoms with Crippen molar-refractivity contribution < 1.29 is 14.3 Å². The van der Waals surface area contributed by atoms with Gasteiger partial charge in [-0.2, -0.15) is 0 Å². The Kier molecular flexibility index (Phi) is 4.34. The highest BCUT2D eigenvalue weighted by Crippen LogP contribution is 2.23. The number of carbonyl (C=O) groups is 2. The second-order valence-corrected chi connectivity index (χ2v) is 3.99. The molecule has 92 valence electrons. The van der Waals surface area contributed by atoms with Crippen molar-refractivity contribution in [3.63, 3.8) is 0 Å². The Labute approximate surface area is 104 Å². The van der Waals surface area contributed by atoms with Crippen molar-refractivity contribution in [3.05, 3.63) is 28.8 Å². The predicted octanol–water partition coefficient (Wildman–Crippen LogP) is 1.20. The van der Waals surface area contributed by atoms with Gasteiger partial charge in [0, 0.05) is 0 Å². The molecule has 1 atom stereocenters.